The molecular formula is C22H24N4O2. The van der Waals surface area contributed by atoms with Crippen molar-refractivity contribution in [3.63, 3.8) is 0 Å². The maximum absolute atomic E-state index is 12.3. The Hall–Kier alpha value is -3.41. The van der Waals surface area contributed by atoms with Gasteiger partial charge in [0, 0.05) is 19.3 Å². The van der Waals surface area contributed by atoms with Crippen molar-refractivity contribution in [2.24, 2.45) is 0 Å². The number of rotatable bonds is 9. The maximum Gasteiger partial charge on any atom is 0.270 e. The Kier molecular flexibility index (Phi) is 6.95. The molecule has 0 radical (unpaired) electrons. The predicted octanol–water partition coefficient (Wildman–Crippen LogP) is 3.11. The highest BCUT2D eigenvalue weighted by molar-refractivity contribution is 5.92. The first-order valence-corrected chi connectivity index (χ1v) is 9.27. The molecule has 2 aromatic carbocycles. The summed E-state index contributed by atoms with van der Waals surface area (Å²) >= 11 is 0. The first-order chi connectivity index (χ1) is 13.8. The van der Waals surface area contributed by atoms with Gasteiger partial charge in [-0.15, -0.1) is 0 Å². The van der Waals surface area contributed by atoms with Crippen LogP contribution in [0.15, 0.2) is 66.9 Å². The van der Waals surface area contributed by atoms with Gasteiger partial charge in [-0.25, -0.2) is 9.97 Å². The fourth-order valence-electron chi connectivity index (χ4n) is 2.84. The summed E-state index contributed by atoms with van der Waals surface area (Å²) in [6.45, 7) is 1.20. The molecule has 0 saturated carbocycles. The van der Waals surface area contributed by atoms with Gasteiger partial charge in [0.25, 0.3) is 5.91 Å². The van der Waals surface area contributed by atoms with E-state index in [0.717, 1.165) is 24.2 Å². The van der Waals surface area contributed by atoms with E-state index in [0.29, 0.717) is 24.7 Å². The number of anilines is 1. The van der Waals surface area contributed by atoms with Gasteiger partial charge in [-0.3, -0.25) is 4.79 Å². The zero-order chi connectivity index (χ0) is 19.6. The van der Waals surface area contributed by atoms with E-state index in [1.807, 2.05) is 54.6 Å². The van der Waals surface area contributed by atoms with Crippen molar-refractivity contribution >= 4 is 11.9 Å². The highest BCUT2D eigenvalue weighted by atomic mass is 16.5. The number of amides is 1. The number of benzene rings is 2. The maximum atomic E-state index is 12.3. The van der Waals surface area contributed by atoms with Gasteiger partial charge >= 0.3 is 0 Å². The minimum absolute atomic E-state index is 0.203. The third-order valence-electron chi connectivity index (χ3n) is 4.30. The number of hydrogen-bond donors (Lipinski definition) is 2. The van der Waals surface area contributed by atoms with E-state index in [4.69, 9.17) is 4.74 Å². The summed E-state index contributed by atoms with van der Waals surface area (Å²) in [5.74, 6) is 1.09. The molecule has 0 fully saturated rings. The molecule has 0 spiro atoms. The van der Waals surface area contributed by atoms with E-state index in [9.17, 15) is 4.79 Å². The molecule has 3 rings (SSSR count). The van der Waals surface area contributed by atoms with E-state index in [-0.39, 0.29) is 5.91 Å². The molecule has 0 aliphatic carbocycles. The van der Waals surface area contributed by atoms with Crippen LogP contribution in [0.5, 0.6) is 5.75 Å². The highest BCUT2D eigenvalue weighted by Crippen LogP contribution is 2.17. The van der Waals surface area contributed by atoms with E-state index >= 15 is 0 Å². The molecule has 0 atom stereocenters. The van der Waals surface area contributed by atoms with Crippen LogP contribution in [0.2, 0.25) is 0 Å². The average molecular weight is 376 g/mol. The van der Waals surface area contributed by atoms with Crippen molar-refractivity contribution in [1.82, 2.24) is 15.3 Å². The number of carbonyl (C=O) groups is 1. The van der Waals surface area contributed by atoms with Crippen LogP contribution in [0.25, 0.3) is 0 Å². The first kappa shape index (κ1) is 19.4. The lowest BCUT2D eigenvalue weighted by molar-refractivity contribution is 0.0949. The van der Waals surface area contributed by atoms with Crippen molar-refractivity contribution in [3.8, 4) is 5.75 Å². The van der Waals surface area contributed by atoms with Crippen LogP contribution in [-0.4, -0.2) is 36.1 Å². The number of nitrogens with zero attached hydrogens (tertiary/aromatic N) is 2. The molecule has 6 nitrogen and oxygen atoms in total. The van der Waals surface area contributed by atoms with Crippen LogP contribution >= 0.6 is 0 Å². The first-order valence-electron chi connectivity index (χ1n) is 9.27. The van der Waals surface area contributed by atoms with E-state index in [1.165, 1.54) is 5.56 Å². The van der Waals surface area contributed by atoms with Gasteiger partial charge < -0.3 is 15.4 Å². The van der Waals surface area contributed by atoms with Gasteiger partial charge in [0.1, 0.15) is 11.4 Å². The van der Waals surface area contributed by atoms with Crippen molar-refractivity contribution < 1.29 is 9.53 Å². The summed E-state index contributed by atoms with van der Waals surface area (Å²) in [5, 5.41) is 6.06. The molecule has 3 aromatic rings. The Labute approximate surface area is 165 Å². The number of carbonyl (C=O) groups excluding carboxylic acids is 1. The van der Waals surface area contributed by atoms with Gasteiger partial charge in [0.05, 0.1) is 7.11 Å². The quantitative estimate of drug-likeness (QED) is 0.600. The highest BCUT2D eigenvalue weighted by Gasteiger charge is 2.08. The summed E-state index contributed by atoms with van der Waals surface area (Å²) in [7, 11) is 1.66. The van der Waals surface area contributed by atoms with Gasteiger partial charge in [-0.05, 0) is 36.1 Å². The standard InChI is InChI=1S/C22H24N4O2/c1-28-20-10-6-5-9-18(20)12-15-24-22-25-16-13-19(26-22)21(27)23-14-11-17-7-3-2-4-8-17/h2-10,13,16H,11-12,14-15H2,1H3,(H,23,27)(H,24,25,26). The Morgan fingerprint density at radius 1 is 0.964 bits per heavy atom. The number of para-hydroxylation sites is 1. The molecule has 0 aliphatic rings. The van der Waals surface area contributed by atoms with Crippen LogP contribution in [0.4, 0.5) is 5.95 Å². The fraction of sp³-hybridized carbons (Fsp3) is 0.227. The third-order valence-corrected chi connectivity index (χ3v) is 4.30. The predicted molar refractivity (Wildman–Crippen MR) is 110 cm³/mol. The summed E-state index contributed by atoms with van der Waals surface area (Å²) in [5.41, 5.74) is 2.64. The smallest absolute Gasteiger partial charge is 0.270 e. The topological polar surface area (TPSA) is 76.1 Å². The van der Waals surface area contributed by atoms with E-state index < -0.39 is 0 Å². The molecule has 1 amide bonds. The normalized spacial score (nSPS) is 10.3. The van der Waals surface area contributed by atoms with Crippen LogP contribution in [-0.2, 0) is 12.8 Å². The monoisotopic (exact) mass is 376 g/mol. The van der Waals surface area contributed by atoms with Gasteiger partial charge in [-0.1, -0.05) is 48.5 Å². The lowest BCUT2D eigenvalue weighted by atomic mass is 10.1. The lowest BCUT2D eigenvalue weighted by Crippen LogP contribution is -2.27. The molecule has 1 aromatic heterocycles. The molecule has 2 N–H and O–H groups in total. The number of nitrogens with one attached hydrogen (secondary N) is 2. The molecule has 1 heterocycles. The largest absolute Gasteiger partial charge is 0.496 e. The van der Waals surface area contributed by atoms with Crippen molar-refractivity contribution in [2.45, 2.75) is 12.8 Å². The van der Waals surface area contributed by atoms with E-state index in [2.05, 4.69) is 20.6 Å². The second-order valence-electron chi connectivity index (χ2n) is 6.25. The van der Waals surface area contributed by atoms with Crippen LogP contribution < -0.4 is 15.4 Å². The Balaban J connectivity index is 1.49. The zero-order valence-electron chi connectivity index (χ0n) is 15.9. The SMILES string of the molecule is COc1ccccc1CCNc1nccc(C(=O)NCCc2ccccc2)n1. The molecular weight excluding hydrogens is 352 g/mol. The zero-order valence-corrected chi connectivity index (χ0v) is 15.9. The summed E-state index contributed by atoms with van der Waals surface area (Å²) in [6, 6.07) is 19.5. The molecule has 6 heteroatoms. The van der Waals surface area contributed by atoms with Crippen molar-refractivity contribution in [3.05, 3.63) is 83.7 Å². The molecule has 0 saturated heterocycles. The summed E-state index contributed by atoms with van der Waals surface area (Å²) in [6.07, 6.45) is 3.13. The van der Waals surface area contributed by atoms with Gasteiger partial charge in [-0.2, -0.15) is 0 Å². The minimum atomic E-state index is -0.203. The Morgan fingerprint density at radius 2 is 1.75 bits per heavy atom. The molecule has 0 unspecified atom stereocenters. The molecule has 0 aliphatic heterocycles. The van der Waals surface area contributed by atoms with Gasteiger partial charge in [0.2, 0.25) is 5.95 Å². The fourth-order valence-corrected chi connectivity index (χ4v) is 2.84. The summed E-state index contributed by atoms with van der Waals surface area (Å²) in [4.78, 5) is 20.8. The Bertz CT molecular complexity index is 900. The van der Waals surface area contributed by atoms with E-state index in [1.54, 1.807) is 19.4 Å². The van der Waals surface area contributed by atoms with Crippen molar-refractivity contribution in [1.29, 1.82) is 0 Å². The minimum Gasteiger partial charge on any atom is -0.496 e. The second kappa shape index (κ2) is 10.1. The molecule has 144 valence electrons. The molecule has 28 heavy (non-hydrogen) atoms. The lowest BCUT2D eigenvalue weighted by Gasteiger charge is -2.10. The number of ether oxygens (including phenoxy) is 1. The van der Waals surface area contributed by atoms with Crippen LogP contribution in [0.3, 0.4) is 0 Å². The third kappa shape index (κ3) is 5.54. The number of aromatic nitrogens is 2. The number of hydrogen-bond acceptors (Lipinski definition) is 5. The van der Waals surface area contributed by atoms with Crippen molar-refractivity contribution in [2.75, 3.05) is 25.5 Å². The summed E-state index contributed by atoms with van der Waals surface area (Å²) < 4.78 is 5.36. The average Bonchev–Trinajstić information content (AvgIpc) is 2.75. The van der Waals surface area contributed by atoms with Crippen LogP contribution in [0.1, 0.15) is 21.6 Å². The second-order valence-corrected chi connectivity index (χ2v) is 6.25. The van der Waals surface area contributed by atoms with Gasteiger partial charge in [0.15, 0.2) is 0 Å². The Morgan fingerprint density at radius 3 is 2.57 bits per heavy atom. The molecule has 0 bridgehead atoms. The van der Waals surface area contributed by atoms with Crippen LogP contribution in [0, 0.1) is 0 Å². The number of methoxy groups -OCH3 is 1.